The molecule has 2 unspecified atom stereocenters. The van der Waals surface area contributed by atoms with E-state index in [4.69, 9.17) is 4.74 Å². The van der Waals surface area contributed by atoms with Gasteiger partial charge in [-0.15, -0.1) is 0 Å². The number of ether oxygens (including phenoxy) is 1. The van der Waals surface area contributed by atoms with Crippen LogP contribution in [0.15, 0.2) is 0 Å². The van der Waals surface area contributed by atoms with Gasteiger partial charge in [0.15, 0.2) is 23.3 Å². The largest absolute Gasteiger partial charge is 0.376 e. The molecule has 1 aromatic carbocycles. The molecule has 0 radical (unpaired) electrons. The zero-order valence-corrected chi connectivity index (χ0v) is 11.0. The Labute approximate surface area is 117 Å². The zero-order chi connectivity index (χ0) is 15.7. The van der Waals surface area contributed by atoms with Gasteiger partial charge in [0.2, 0.25) is 5.82 Å². The molecule has 8 heteroatoms. The molecule has 1 saturated heterocycles. The molecular weight excluding hydrogens is 297 g/mol. The third kappa shape index (κ3) is 2.85. The molecule has 1 amide bonds. The average Bonchev–Trinajstić information content (AvgIpc) is 2.97. The summed E-state index contributed by atoms with van der Waals surface area (Å²) in [5.41, 5.74) is -1.49. The Hall–Kier alpha value is -1.70. The molecule has 1 aliphatic rings. The maximum Gasteiger partial charge on any atom is 0.257 e. The summed E-state index contributed by atoms with van der Waals surface area (Å²) in [6.45, 7) is 2.02. The van der Waals surface area contributed by atoms with Gasteiger partial charge in [0.05, 0.1) is 12.1 Å². The third-order valence-corrected chi connectivity index (χ3v) is 3.32. The molecule has 1 aliphatic heterocycles. The first-order chi connectivity index (χ1) is 9.84. The Morgan fingerprint density at radius 2 is 1.62 bits per heavy atom. The first-order valence-corrected chi connectivity index (χ1v) is 6.28. The van der Waals surface area contributed by atoms with Gasteiger partial charge < -0.3 is 10.1 Å². The van der Waals surface area contributed by atoms with Crippen LogP contribution in [0.1, 0.15) is 30.1 Å². The van der Waals surface area contributed by atoms with Crippen LogP contribution in [0.25, 0.3) is 0 Å². The standard InChI is InChI=1S/C13H12F5NO2/c1-5(6-3-2-4-21-6)19-13(20)7-8(14)10(16)12(18)11(17)9(7)15/h5-6H,2-4H2,1H3,(H,19,20). The van der Waals surface area contributed by atoms with Crippen molar-refractivity contribution in [2.45, 2.75) is 31.9 Å². The van der Waals surface area contributed by atoms with Crippen LogP contribution in [0.3, 0.4) is 0 Å². The normalized spacial score (nSPS) is 19.6. The molecule has 1 fully saturated rings. The number of carbonyl (C=O) groups excluding carboxylic acids is 1. The second-order valence-corrected chi connectivity index (χ2v) is 4.76. The molecule has 0 spiro atoms. The number of hydrogen-bond donors (Lipinski definition) is 1. The van der Waals surface area contributed by atoms with Gasteiger partial charge in [0.25, 0.3) is 5.91 Å². The molecule has 116 valence electrons. The zero-order valence-electron chi connectivity index (χ0n) is 11.0. The minimum atomic E-state index is -2.30. The monoisotopic (exact) mass is 309 g/mol. The van der Waals surface area contributed by atoms with Crippen LogP contribution in [0.5, 0.6) is 0 Å². The van der Waals surface area contributed by atoms with Crippen LogP contribution >= 0.6 is 0 Å². The molecule has 1 heterocycles. The van der Waals surface area contributed by atoms with E-state index in [-0.39, 0.29) is 6.10 Å². The molecule has 2 rings (SSSR count). The number of benzene rings is 1. The van der Waals surface area contributed by atoms with Gasteiger partial charge in [0, 0.05) is 6.61 Å². The van der Waals surface area contributed by atoms with Gasteiger partial charge in [-0.2, -0.15) is 0 Å². The number of hydrogen-bond acceptors (Lipinski definition) is 2. The van der Waals surface area contributed by atoms with E-state index in [9.17, 15) is 26.7 Å². The number of halogens is 5. The highest BCUT2D eigenvalue weighted by Gasteiger charge is 2.31. The van der Waals surface area contributed by atoms with Crippen LogP contribution in [0, 0.1) is 29.1 Å². The molecule has 0 saturated carbocycles. The Morgan fingerprint density at radius 1 is 1.10 bits per heavy atom. The summed E-state index contributed by atoms with van der Waals surface area (Å²) in [6, 6.07) is -0.616. The molecule has 1 aromatic rings. The first kappa shape index (κ1) is 15.7. The van der Waals surface area contributed by atoms with Gasteiger partial charge in [-0.25, -0.2) is 22.0 Å². The van der Waals surface area contributed by atoms with Crippen molar-refractivity contribution < 1.29 is 31.5 Å². The lowest BCUT2D eigenvalue weighted by Gasteiger charge is -2.20. The van der Waals surface area contributed by atoms with Crippen molar-refractivity contribution in [1.29, 1.82) is 0 Å². The van der Waals surface area contributed by atoms with Crippen molar-refractivity contribution in [1.82, 2.24) is 5.32 Å². The SMILES string of the molecule is CC(NC(=O)c1c(F)c(F)c(F)c(F)c1F)C1CCCO1. The lowest BCUT2D eigenvalue weighted by atomic mass is 10.1. The van der Waals surface area contributed by atoms with Gasteiger partial charge in [0.1, 0.15) is 5.56 Å². The van der Waals surface area contributed by atoms with Crippen molar-refractivity contribution in [2.75, 3.05) is 6.61 Å². The van der Waals surface area contributed by atoms with Crippen LogP contribution in [0.4, 0.5) is 22.0 Å². The lowest BCUT2D eigenvalue weighted by Crippen LogP contribution is -2.41. The second-order valence-electron chi connectivity index (χ2n) is 4.76. The highest BCUT2D eigenvalue weighted by Crippen LogP contribution is 2.23. The first-order valence-electron chi connectivity index (χ1n) is 6.28. The Balaban J connectivity index is 2.27. The molecule has 0 aromatic heterocycles. The summed E-state index contributed by atoms with van der Waals surface area (Å²) in [7, 11) is 0. The molecule has 0 bridgehead atoms. The van der Waals surface area contributed by atoms with E-state index in [1.807, 2.05) is 0 Å². The summed E-state index contributed by atoms with van der Waals surface area (Å²) >= 11 is 0. The summed E-state index contributed by atoms with van der Waals surface area (Å²) in [6.07, 6.45) is 1.06. The number of amides is 1. The Kier molecular flexibility index (Phi) is 4.46. The van der Waals surface area contributed by atoms with Gasteiger partial charge in [-0.3, -0.25) is 4.79 Å². The van der Waals surface area contributed by atoms with E-state index in [1.165, 1.54) is 6.92 Å². The minimum Gasteiger partial charge on any atom is -0.376 e. The minimum absolute atomic E-state index is 0.352. The molecule has 3 nitrogen and oxygen atoms in total. The highest BCUT2D eigenvalue weighted by molar-refractivity contribution is 5.95. The van der Waals surface area contributed by atoms with E-state index in [2.05, 4.69) is 5.32 Å². The molecule has 0 aliphatic carbocycles. The van der Waals surface area contributed by atoms with E-state index in [0.717, 1.165) is 6.42 Å². The number of carbonyl (C=O) groups is 1. The van der Waals surface area contributed by atoms with Gasteiger partial charge in [-0.05, 0) is 19.8 Å². The van der Waals surface area contributed by atoms with E-state index >= 15 is 0 Å². The van der Waals surface area contributed by atoms with Crippen LogP contribution in [-0.2, 0) is 4.74 Å². The van der Waals surface area contributed by atoms with Crippen molar-refractivity contribution in [3.05, 3.63) is 34.6 Å². The van der Waals surface area contributed by atoms with E-state index < -0.39 is 46.6 Å². The smallest absolute Gasteiger partial charge is 0.257 e. The predicted molar refractivity (Wildman–Crippen MR) is 62.1 cm³/mol. The number of nitrogens with one attached hydrogen (secondary N) is 1. The van der Waals surface area contributed by atoms with Crippen molar-refractivity contribution >= 4 is 5.91 Å². The van der Waals surface area contributed by atoms with Gasteiger partial charge >= 0.3 is 0 Å². The van der Waals surface area contributed by atoms with Crippen molar-refractivity contribution in [3.8, 4) is 0 Å². The summed E-state index contributed by atoms with van der Waals surface area (Å²) in [5, 5.41) is 2.19. The summed E-state index contributed by atoms with van der Waals surface area (Å²) in [5.74, 6) is -12.3. The summed E-state index contributed by atoms with van der Waals surface area (Å²) < 4.78 is 71.2. The van der Waals surface area contributed by atoms with E-state index in [1.54, 1.807) is 0 Å². The maximum absolute atomic E-state index is 13.5. The number of rotatable bonds is 3. The topological polar surface area (TPSA) is 38.3 Å². The lowest BCUT2D eigenvalue weighted by molar-refractivity contribution is 0.0706. The molecule has 1 N–H and O–H groups in total. The predicted octanol–water partition coefficient (Wildman–Crippen LogP) is 2.68. The highest BCUT2D eigenvalue weighted by atomic mass is 19.2. The quantitative estimate of drug-likeness (QED) is 0.530. The average molecular weight is 309 g/mol. The second kappa shape index (κ2) is 5.97. The molecule has 2 atom stereocenters. The van der Waals surface area contributed by atoms with Crippen LogP contribution in [0.2, 0.25) is 0 Å². The Morgan fingerprint density at radius 3 is 2.10 bits per heavy atom. The summed E-state index contributed by atoms with van der Waals surface area (Å²) in [4.78, 5) is 11.8. The maximum atomic E-state index is 13.5. The fraction of sp³-hybridized carbons (Fsp3) is 0.462. The molecular formula is C13H12F5NO2. The fourth-order valence-electron chi connectivity index (χ4n) is 2.17. The fourth-order valence-corrected chi connectivity index (χ4v) is 2.17. The van der Waals surface area contributed by atoms with E-state index in [0.29, 0.717) is 13.0 Å². The van der Waals surface area contributed by atoms with Crippen LogP contribution < -0.4 is 5.32 Å². The molecule has 21 heavy (non-hydrogen) atoms. The van der Waals surface area contributed by atoms with Gasteiger partial charge in [-0.1, -0.05) is 0 Å². The third-order valence-electron chi connectivity index (χ3n) is 3.32. The van der Waals surface area contributed by atoms with Crippen molar-refractivity contribution in [3.63, 3.8) is 0 Å². The Bertz CT molecular complexity index is 543. The van der Waals surface area contributed by atoms with Crippen molar-refractivity contribution in [2.24, 2.45) is 0 Å². The van der Waals surface area contributed by atoms with Crippen LogP contribution in [-0.4, -0.2) is 24.7 Å².